The second-order valence-corrected chi connectivity index (χ2v) is 8.68. The number of piperidine rings is 1. The first-order valence-electron chi connectivity index (χ1n) is 12.0. The molecule has 7 nitrogen and oxygen atoms in total. The van der Waals surface area contributed by atoms with Gasteiger partial charge in [0.25, 0.3) is 11.8 Å². The maximum atomic E-state index is 13.5. The Bertz CT molecular complexity index is 1100. The molecular weight excluding hydrogens is 430 g/mol. The van der Waals surface area contributed by atoms with Gasteiger partial charge in [-0.25, -0.2) is 0 Å². The molecule has 34 heavy (non-hydrogen) atoms. The van der Waals surface area contributed by atoms with E-state index in [1.54, 1.807) is 12.1 Å². The molecule has 3 aromatic rings. The van der Waals surface area contributed by atoms with Gasteiger partial charge in [-0.3, -0.25) is 9.59 Å². The molecule has 0 unspecified atom stereocenters. The fraction of sp³-hybridized carbons (Fsp3) is 0.407. The highest BCUT2D eigenvalue weighted by Gasteiger charge is 2.30. The van der Waals surface area contributed by atoms with Crippen LogP contribution in [0.3, 0.4) is 0 Å². The average molecular weight is 464 g/mol. The number of benzene rings is 2. The van der Waals surface area contributed by atoms with Gasteiger partial charge in [0.1, 0.15) is 11.3 Å². The molecule has 0 aliphatic carbocycles. The molecule has 0 atom stereocenters. The van der Waals surface area contributed by atoms with Crippen LogP contribution in [-0.4, -0.2) is 67.6 Å². The van der Waals surface area contributed by atoms with Crippen LogP contribution in [0.2, 0.25) is 0 Å². The molecule has 4 rings (SSSR count). The molecule has 0 spiro atoms. The average Bonchev–Trinajstić information content (AvgIpc) is 3.25. The van der Waals surface area contributed by atoms with Crippen molar-refractivity contribution in [3.63, 3.8) is 0 Å². The molecule has 0 saturated carbocycles. The lowest BCUT2D eigenvalue weighted by Crippen LogP contribution is -2.46. The lowest BCUT2D eigenvalue weighted by molar-refractivity contribution is 0.0606. The van der Waals surface area contributed by atoms with Gasteiger partial charge in [-0.2, -0.15) is 0 Å². The highest BCUT2D eigenvalue weighted by atomic mass is 16.5. The molecule has 1 N–H and O–H groups in total. The lowest BCUT2D eigenvalue weighted by Gasteiger charge is -2.36. The number of rotatable bonds is 9. The molecule has 1 aromatic heterocycles. The monoisotopic (exact) mass is 463 g/mol. The van der Waals surface area contributed by atoms with E-state index in [-0.39, 0.29) is 17.6 Å². The Hall–Kier alpha value is -3.16. The van der Waals surface area contributed by atoms with Gasteiger partial charge < -0.3 is 24.3 Å². The second-order valence-electron chi connectivity index (χ2n) is 8.68. The van der Waals surface area contributed by atoms with Gasteiger partial charge in [-0.1, -0.05) is 30.3 Å². The number of carbonyl (C=O) groups excluding carboxylic acids is 2. The number of hydrogen-bond acceptors (Lipinski definition) is 5. The number of fused-ring (bicyclic) bond motifs is 1. The molecule has 1 fully saturated rings. The van der Waals surface area contributed by atoms with Crippen LogP contribution in [-0.2, 0) is 4.74 Å². The Morgan fingerprint density at radius 1 is 1.09 bits per heavy atom. The van der Waals surface area contributed by atoms with E-state index in [0.29, 0.717) is 36.0 Å². The van der Waals surface area contributed by atoms with Crippen molar-refractivity contribution < 1.29 is 18.7 Å². The summed E-state index contributed by atoms with van der Waals surface area (Å²) in [6.45, 7) is 5.83. The van der Waals surface area contributed by atoms with Crippen LogP contribution < -0.4 is 5.32 Å². The van der Waals surface area contributed by atoms with E-state index in [1.807, 2.05) is 54.3 Å². The van der Waals surface area contributed by atoms with Gasteiger partial charge in [0.15, 0.2) is 0 Å². The summed E-state index contributed by atoms with van der Waals surface area (Å²) in [6.07, 6.45) is 2.82. The Morgan fingerprint density at radius 2 is 1.79 bits per heavy atom. The van der Waals surface area contributed by atoms with Crippen LogP contribution in [0, 0.1) is 0 Å². The first-order valence-corrected chi connectivity index (χ1v) is 12.0. The van der Waals surface area contributed by atoms with Gasteiger partial charge in [0, 0.05) is 49.8 Å². The predicted molar refractivity (Wildman–Crippen MR) is 133 cm³/mol. The number of nitrogens with one attached hydrogen (secondary N) is 1. The minimum absolute atomic E-state index is 0.183. The maximum absolute atomic E-state index is 13.5. The summed E-state index contributed by atoms with van der Waals surface area (Å²) >= 11 is 0. The smallest absolute Gasteiger partial charge is 0.291 e. The largest absolute Gasteiger partial charge is 0.449 e. The van der Waals surface area contributed by atoms with Crippen LogP contribution in [0.4, 0.5) is 5.69 Å². The summed E-state index contributed by atoms with van der Waals surface area (Å²) in [5.74, 6) is -0.264. The topological polar surface area (TPSA) is 75.0 Å². The molecule has 1 aliphatic rings. The molecular formula is C27H33N3O4. The van der Waals surface area contributed by atoms with E-state index in [2.05, 4.69) is 17.3 Å². The zero-order valence-electron chi connectivity index (χ0n) is 20.0. The lowest BCUT2D eigenvalue weighted by atomic mass is 10.0. The summed E-state index contributed by atoms with van der Waals surface area (Å²) in [4.78, 5) is 30.5. The van der Waals surface area contributed by atoms with Crippen molar-refractivity contribution >= 4 is 28.5 Å². The zero-order chi connectivity index (χ0) is 23.9. The van der Waals surface area contributed by atoms with E-state index < -0.39 is 0 Å². The van der Waals surface area contributed by atoms with Crippen molar-refractivity contribution in [2.24, 2.45) is 0 Å². The molecule has 2 heterocycles. The van der Waals surface area contributed by atoms with Crippen molar-refractivity contribution in [3.05, 3.63) is 65.9 Å². The zero-order valence-corrected chi connectivity index (χ0v) is 20.0. The molecule has 1 aliphatic heterocycles. The summed E-state index contributed by atoms with van der Waals surface area (Å²) in [7, 11) is 2.14. The van der Waals surface area contributed by atoms with Gasteiger partial charge >= 0.3 is 0 Å². The van der Waals surface area contributed by atoms with Crippen LogP contribution >= 0.6 is 0 Å². The third-order valence-electron chi connectivity index (χ3n) is 6.44. The number of carbonyl (C=O) groups is 2. The van der Waals surface area contributed by atoms with Crippen molar-refractivity contribution in [3.8, 4) is 0 Å². The van der Waals surface area contributed by atoms with Crippen molar-refractivity contribution in [2.75, 3.05) is 45.2 Å². The summed E-state index contributed by atoms with van der Waals surface area (Å²) < 4.78 is 11.4. The van der Waals surface area contributed by atoms with E-state index >= 15 is 0 Å². The minimum Gasteiger partial charge on any atom is -0.449 e. The molecule has 2 aromatic carbocycles. The Balaban J connectivity index is 1.46. The van der Waals surface area contributed by atoms with Crippen LogP contribution in [0.25, 0.3) is 11.0 Å². The maximum Gasteiger partial charge on any atom is 0.291 e. The van der Waals surface area contributed by atoms with Crippen LogP contribution in [0.1, 0.15) is 47.1 Å². The molecule has 0 bridgehead atoms. The highest BCUT2D eigenvalue weighted by molar-refractivity contribution is 6.14. The van der Waals surface area contributed by atoms with Gasteiger partial charge in [-0.15, -0.1) is 0 Å². The number of anilines is 1. The van der Waals surface area contributed by atoms with E-state index in [0.717, 1.165) is 44.4 Å². The summed E-state index contributed by atoms with van der Waals surface area (Å²) in [5, 5.41) is 3.65. The summed E-state index contributed by atoms with van der Waals surface area (Å²) in [5.41, 5.74) is 1.54. The fourth-order valence-corrected chi connectivity index (χ4v) is 4.49. The SMILES string of the molecule is CCOCCCN(C)C1CCN(C(=O)c2oc3ccccc3c2NC(=O)c2ccccc2)CC1. The molecule has 2 amide bonds. The van der Waals surface area contributed by atoms with Gasteiger partial charge in [0.2, 0.25) is 5.76 Å². The molecule has 0 radical (unpaired) electrons. The normalized spacial score (nSPS) is 14.6. The third kappa shape index (κ3) is 5.48. The quantitative estimate of drug-likeness (QED) is 0.468. The van der Waals surface area contributed by atoms with Gasteiger partial charge in [-0.05, 0) is 57.5 Å². The molecule has 180 valence electrons. The fourth-order valence-electron chi connectivity index (χ4n) is 4.49. The molecule has 1 saturated heterocycles. The predicted octanol–water partition coefficient (Wildman–Crippen LogP) is 4.65. The number of amides is 2. The van der Waals surface area contributed by atoms with Crippen molar-refractivity contribution in [2.45, 2.75) is 32.2 Å². The number of para-hydroxylation sites is 1. The van der Waals surface area contributed by atoms with E-state index in [9.17, 15) is 9.59 Å². The number of likely N-dealkylation sites (tertiary alicyclic amines) is 1. The summed E-state index contributed by atoms with van der Waals surface area (Å²) in [6, 6.07) is 16.8. The van der Waals surface area contributed by atoms with Gasteiger partial charge in [0.05, 0.1) is 0 Å². The third-order valence-corrected chi connectivity index (χ3v) is 6.44. The van der Waals surface area contributed by atoms with Crippen LogP contribution in [0.5, 0.6) is 0 Å². The first-order chi connectivity index (χ1) is 16.6. The van der Waals surface area contributed by atoms with E-state index in [4.69, 9.17) is 9.15 Å². The highest BCUT2D eigenvalue weighted by Crippen LogP contribution is 2.33. The van der Waals surface area contributed by atoms with Crippen molar-refractivity contribution in [1.29, 1.82) is 0 Å². The first kappa shape index (κ1) is 24.0. The number of nitrogens with zero attached hydrogens (tertiary/aromatic N) is 2. The number of hydrogen-bond donors (Lipinski definition) is 1. The van der Waals surface area contributed by atoms with Crippen LogP contribution in [0.15, 0.2) is 59.0 Å². The Morgan fingerprint density at radius 3 is 2.53 bits per heavy atom. The number of furan rings is 1. The van der Waals surface area contributed by atoms with Crippen molar-refractivity contribution in [1.82, 2.24) is 9.80 Å². The second kappa shape index (κ2) is 11.3. The number of ether oxygens (including phenoxy) is 1. The Kier molecular flexibility index (Phi) is 7.98. The Labute approximate surface area is 200 Å². The van der Waals surface area contributed by atoms with E-state index in [1.165, 1.54) is 0 Å². The standard InChI is InChI=1S/C27H33N3O4/c1-3-33-19-9-16-29(2)21-14-17-30(18-15-21)27(32)25-24(22-12-7-8-13-23(22)34-25)28-26(31)20-10-5-4-6-11-20/h4-8,10-13,21H,3,9,14-19H2,1-2H3,(H,28,31). The molecule has 7 heteroatoms. The minimum atomic E-state index is -0.270.